The summed E-state index contributed by atoms with van der Waals surface area (Å²) in [7, 11) is 0. The number of nitrogens with zero attached hydrogens (tertiary/aromatic N) is 3. The van der Waals surface area contributed by atoms with Gasteiger partial charge in [-0.15, -0.1) is 0 Å². The van der Waals surface area contributed by atoms with E-state index in [4.69, 9.17) is 10.5 Å². The van der Waals surface area contributed by atoms with Crippen molar-refractivity contribution in [1.82, 2.24) is 4.90 Å². The number of amides is 1. The van der Waals surface area contributed by atoms with Gasteiger partial charge < -0.3 is 4.90 Å². The smallest absolute Gasteiger partial charge is 0.268 e. The van der Waals surface area contributed by atoms with E-state index >= 15 is 0 Å². The zero-order valence-electron chi connectivity index (χ0n) is 13.1. The van der Waals surface area contributed by atoms with Gasteiger partial charge in [-0.05, 0) is 24.6 Å². The van der Waals surface area contributed by atoms with Crippen LogP contribution in [0.15, 0.2) is 18.2 Å². The van der Waals surface area contributed by atoms with Gasteiger partial charge in [-0.1, -0.05) is 6.07 Å². The first-order valence-corrected chi connectivity index (χ1v) is 7.38. The largest absolute Gasteiger partial charge is 0.320 e. The van der Waals surface area contributed by atoms with Crippen molar-refractivity contribution in [2.75, 3.05) is 6.54 Å². The zero-order chi connectivity index (χ0) is 17.9. The molecule has 0 spiro atoms. The molecule has 7 heteroatoms. The van der Waals surface area contributed by atoms with Crippen molar-refractivity contribution in [3.05, 3.63) is 34.9 Å². The number of hydrogen-bond donors (Lipinski definition) is 0. The number of carbonyl (C=O) groups is 2. The van der Waals surface area contributed by atoms with Crippen molar-refractivity contribution in [2.24, 2.45) is 0 Å². The summed E-state index contributed by atoms with van der Waals surface area (Å²) in [6, 6.07) is 7.13. The van der Waals surface area contributed by atoms with Crippen LogP contribution in [0, 0.1) is 29.6 Å². The van der Waals surface area contributed by atoms with Crippen LogP contribution in [-0.4, -0.2) is 35.1 Å². The van der Waals surface area contributed by atoms with E-state index in [1.54, 1.807) is 19.1 Å². The number of carbonyl (C=O) groups excluding carboxylic acids is 2. The number of alkyl halides is 2. The molecule has 0 radical (unpaired) electrons. The number of halogens is 2. The Hall–Kier alpha value is -2.80. The summed E-state index contributed by atoms with van der Waals surface area (Å²) in [5.41, 5.74) is 1.47. The molecule has 0 unspecified atom stereocenters. The molecule has 1 aromatic rings. The summed E-state index contributed by atoms with van der Waals surface area (Å²) in [4.78, 5) is 25.0. The number of aryl methyl sites for hydroxylation is 1. The number of hydrogen-bond acceptors (Lipinski definition) is 4. The Morgan fingerprint density at radius 2 is 2.04 bits per heavy atom. The second-order valence-corrected chi connectivity index (χ2v) is 5.79. The molecule has 5 nitrogen and oxygen atoms in total. The molecule has 1 heterocycles. The lowest BCUT2D eigenvalue weighted by Gasteiger charge is -2.18. The number of likely N-dealkylation sites (tertiary alicyclic amines) is 1. The molecule has 0 bridgehead atoms. The van der Waals surface area contributed by atoms with Gasteiger partial charge in [-0.2, -0.15) is 10.5 Å². The Labute approximate surface area is 138 Å². The SMILES string of the molecule is Cc1cc(C(=O)CCC(=O)N2CC(F)(F)C[C@H]2C#N)ccc1C#N. The average molecular weight is 331 g/mol. The minimum absolute atomic E-state index is 0.135. The predicted octanol–water partition coefficient (Wildman–Crippen LogP) is 2.59. The second-order valence-electron chi connectivity index (χ2n) is 5.79. The first-order chi connectivity index (χ1) is 11.3. The fourth-order valence-electron chi connectivity index (χ4n) is 2.67. The quantitative estimate of drug-likeness (QED) is 0.794. The molecule has 0 aromatic heterocycles. The Morgan fingerprint density at radius 1 is 1.33 bits per heavy atom. The number of nitriles is 2. The van der Waals surface area contributed by atoms with Gasteiger partial charge in [-0.3, -0.25) is 9.59 Å². The van der Waals surface area contributed by atoms with Crippen molar-refractivity contribution in [3.8, 4) is 12.1 Å². The molecule has 1 aromatic carbocycles. The topological polar surface area (TPSA) is 85.0 Å². The van der Waals surface area contributed by atoms with Crippen LogP contribution in [0.25, 0.3) is 0 Å². The summed E-state index contributed by atoms with van der Waals surface area (Å²) in [5, 5.41) is 17.7. The van der Waals surface area contributed by atoms with E-state index in [0.717, 1.165) is 4.90 Å². The Balaban J connectivity index is 1.99. The van der Waals surface area contributed by atoms with Gasteiger partial charge in [-0.25, -0.2) is 8.78 Å². The summed E-state index contributed by atoms with van der Waals surface area (Å²) in [6.45, 7) is 0.915. The summed E-state index contributed by atoms with van der Waals surface area (Å²) < 4.78 is 26.7. The van der Waals surface area contributed by atoms with Gasteiger partial charge in [0.2, 0.25) is 5.91 Å². The molecule has 2 rings (SSSR count). The fraction of sp³-hybridized carbons (Fsp3) is 0.412. The van der Waals surface area contributed by atoms with E-state index in [-0.39, 0.29) is 18.6 Å². The monoisotopic (exact) mass is 331 g/mol. The molecule has 1 saturated heterocycles. The van der Waals surface area contributed by atoms with E-state index in [2.05, 4.69) is 0 Å². The second kappa shape index (κ2) is 6.76. The normalized spacial score (nSPS) is 18.7. The third-order valence-electron chi connectivity index (χ3n) is 3.97. The highest BCUT2D eigenvalue weighted by atomic mass is 19.3. The highest BCUT2D eigenvalue weighted by Crippen LogP contribution is 2.32. The van der Waals surface area contributed by atoms with E-state index in [9.17, 15) is 18.4 Å². The molecule has 124 valence electrons. The summed E-state index contributed by atoms with van der Waals surface area (Å²) in [6.07, 6.45) is -1.03. The maximum Gasteiger partial charge on any atom is 0.268 e. The lowest BCUT2D eigenvalue weighted by atomic mass is 10.0. The summed E-state index contributed by atoms with van der Waals surface area (Å²) >= 11 is 0. The van der Waals surface area contributed by atoms with Crippen LogP contribution in [0.3, 0.4) is 0 Å². The van der Waals surface area contributed by atoms with Gasteiger partial charge in [0.1, 0.15) is 6.04 Å². The fourth-order valence-corrected chi connectivity index (χ4v) is 2.67. The van der Waals surface area contributed by atoms with Crippen molar-refractivity contribution >= 4 is 11.7 Å². The molecule has 1 aliphatic rings. The third kappa shape index (κ3) is 3.75. The van der Waals surface area contributed by atoms with Crippen LogP contribution >= 0.6 is 0 Å². The van der Waals surface area contributed by atoms with E-state index < -0.39 is 30.8 Å². The van der Waals surface area contributed by atoms with Crippen LogP contribution in [0.5, 0.6) is 0 Å². The van der Waals surface area contributed by atoms with Crippen LogP contribution in [0.4, 0.5) is 8.78 Å². The molecule has 24 heavy (non-hydrogen) atoms. The Bertz CT molecular complexity index is 762. The van der Waals surface area contributed by atoms with Gasteiger partial charge in [0.15, 0.2) is 5.78 Å². The number of benzene rings is 1. The molecule has 1 atom stereocenters. The van der Waals surface area contributed by atoms with Crippen molar-refractivity contribution in [1.29, 1.82) is 10.5 Å². The Kier molecular flexibility index (Phi) is 4.94. The maximum atomic E-state index is 13.3. The van der Waals surface area contributed by atoms with Gasteiger partial charge in [0.25, 0.3) is 5.92 Å². The highest BCUT2D eigenvalue weighted by molar-refractivity contribution is 5.98. The summed E-state index contributed by atoms with van der Waals surface area (Å²) in [5.74, 6) is -4.00. The Morgan fingerprint density at radius 3 is 2.62 bits per heavy atom. The molecular weight excluding hydrogens is 316 g/mol. The minimum atomic E-state index is -3.07. The van der Waals surface area contributed by atoms with Crippen molar-refractivity contribution in [2.45, 2.75) is 38.2 Å². The maximum absolute atomic E-state index is 13.3. The molecule has 0 N–H and O–H groups in total. The molecule has 1 aliphatic heterocycles. The lowest BCUT2D eigenvalue weighted by molar-refractivity contribution is -0.132. The van der Waals surface area contributed by atoms with Crippen LogP contribution in [0.1, 0.15) is 40.7 Å². The van der Waals surface area contributed by atoms with Crippen molar-refractivity contribution < 1.29 is 18.4 Å². The standard InChI is InChI=1S/C17H15F2N3O2/c1-11-6-12(2-3-13(11)8-20)15(23)4-5-16(24)22-10-17(18,19)7-14(22)9-21/h2-3,6,14H,4-5,7,10H2,1H3/t14-/m0/s1. The third-order valence-corrected chi connectivity index (χ3v) is 3.97. The molecular formula is C17H15F2N3O2. The molecule has 0 aliphatic carbocycles. The molecule has 1 fully saturated rings. The van der Waals surface area contributed by atoms with Gasteiger partial charge in [0, 0.05) is 24.8 Å². The van der Waals surface area contributed by atoms with E-state index in [1.807, 2.05) is 6.07 Å². The van der Waals surface area contributed by atoms with Crippen LogP contribution < -0.4 is 0 Å². The first kappa shape index (κ1) is 17.6. The van der Waals surface area contributed by atoms with Crippen LogP contribution in [-0.2, 0) is 4.79 Å². The number of ketones is 1. The van der Waals surface area contributed by atoms with Crippen molar-refractivity contribution in [3.63, 3.8) is 0 Å². The molecule has 0 saturated carbocycles. The van der Waals surface area contributed by atoms with Crippen LogP contribution in [0.2, 0.25) is 0 Å². The number of Topliss-reactive ketones (excluding diaryl/α,β-unsaturated/α-hetero) is 1. The first-order valence-electron chi connectivity index (χ1n) is 7.38. The van der Waals surface area contributed by atoms with Gasteiger partial charge in [0.05, 0.1) is 24.2 Å². The minimum Gasteiger partial charge on any atom is -0.320 e. The lowest BCUT2D eigenvalue weighted by Crippen LogP contribution is -2.36. The molecule has 1 amide bonds. The van der Waals surface area contributed by atoms with Gasteiger partial charge >= 0.3 is 0 Å². The number of rotatable bonds is 4. The predicted molar refractivity (Wildman–Crippen MR) is 80.1 cm³/mol. The highest BCUT2D eigenvalue weighted by Gasteiger charge is 2.47. The zero-order valence-corrected chi connectivity index (χ0v) is 13.1. The average Bonchev–Trinajstić information content (AvgIpc) is 2.87. The van der Waals surface area contributed by atoms with E-state index in [1.165, 1.54) is 12.1 Å². The van der Waals surface area contributed by atoms with E-state index in [0.29, 0.717) is 16.7 Å².